The predicted octanol–water partition coefficient (Wildman–Crippen LogP) is 2.56. The first-order chi connectivity index (χ1) is 9.22. The van der Waals surface area contributed by atoms with Crippen molar-refractivity contribution in [2.45, 2.75) is 26.2 Å². The van der Waals surface area contributed by atoms with Crippen molar-refractivity contribution in [3.8, 4) is 0 Å². The summed E-state index contributed by atoms with van der Waals surface area (Å²) in [5, 5.41) is 9.02. The van der Waals surface area contributed by atoms with Crippen LogP contribution in [0.1, 0.15) is 35.7 Å². The van der Waals surface area contributed by atoms with Gasteiger partial charge in [-0.05, 0) is 49.9 Å². The van der Waals surface area contributed by atoms with Crippen LogP contribution in [0.25, 0.3) is 0 Å². The van der Waals surface area contributed by atoms with Gasteiger partial charge in [0.25, 0.3) is 0 Å². The standard InChI is InChI=1S/C15H21NO3/c1-2-19-10-4-9-16-8-3-5-12-11-13(15(17)18)6-7-14(12)16/h6-7,11H,2-5,8-10H2,1H3,(H,17,18). The van der Waals surface area contributed by atoms with Gasteiger partial charge in [-0.15, -0.1) is 0 Å². The largest absolute Gasteiger partial charge is 0.478 e. The molecule has 0 aliphatic carbocycles. The highest BCUT2D eigenvalue weighted by Crippen LogP contribution is 2.28. The minimum atomic E-state index is -0.851. The Bertz CT molecular complexity index is 445. The number of aryl methyl sites for hydroxylation is 1. The number of hydrogen-bond donors (Lipinski definition) is 1. The minimum absolute atomic E-state index is 0.384. The number of ether oxygens (including phenoxy) is 1. The van der Waals surface area contributed by atoms with E-state index < -0.39 is 5.97 Å². The highest BCUT2D eigenvalue weighted by atomic mass is 16.5. The summed E-state index contributed by atoms with van der Waals surface area (Å²) >= 11 is 0. The van der Waals surface area contributed by atoms with Gasteiger partial charge in [0.05, 0.1) is 5.56 Å². The van der Waals surface area contributed by atoms with Gasteiger partial charge in [0.15, 0.2) is 0 Å². The second-order valence-electron chi connectivity index (χ2n) is 4.79. The molecule has 1 N–H and O–H groups in total. The van der Waals surface area contributed by atoms with Gasteiger partial charge < -0.3 is 14.7 Å². The van der Waals surface area contributed by atoms with E-state index in [4.69, 9.17) is 9.84 Å². The summed E-state index contributed by atoms with van der Waals surface area (Å²) < 4.78 is 5.36. The van der Waals surface area contributed by atoms with Gasteiger partial charge in [0.1, 0.15) is 0 Å². The number of carboxylic acids is 1. The lowest BCUT2D eigenvalue weighted by atomic mass is 9.99. The third kappa shape index (κ3) is 3.47. The average Bonchev–Trinajstić information content (AvgIpc) is 2.43. The lowest BCUT2D eigenvalue weighted by Gasteiger charge is -2.31. The van der Waals surface area contributed by atoms with Crippen molar-refractivity contribution in [1.29, 1.82) is 0 Å². The molecule has 0 aromatic heterocycles. The minimum Gasteiger partial charge on any atom is -0.478 e. The Labute approximate surface area is 114 Å². The number of carbonyl (C=O) groups is 1. The zero-order chi connectivity index (χ0) is 13.7. The summed E-state index contributed by atoms with van der Waals surface area (Å²) in [4.78, 5) is 13.3. The first-order valence-electron chi connectivity index (χ1n) is 6.91. The van der Waals surface area contributed by atoms with Crippen molar-refractivity contribution < 1.29 is 14.6 Å². The summed E-state index contributed by atoms with van der Waals surface area (Å²) in [6.45, 7) is 5.57. The Morgan fingerprint density at radius 1 is 1.47 bits per heavy atom. The van der Waals surface area contributed by atoms with E-state index in [1.807, 2.05) is 19.1 Å². The molecule has 0 saturated heterocycles. The molecule has 1 aliphatic heterocycles. The van der Waals surface area contributed by atoms with Crippen molar-refractivity contribution >= 4 is 11.7 Å². The van der Waals surface area contributed by atoms with E-state index in [-0.39, 0.29) is 0 Å². The smallest absolute Gasteiger partial charge is 0.335 e. The molecule has 0 radical (unpaired) electrons. The molecule has 0 atom stereocenters. The van der Waals surface area contributed by atoms with Gasteiger partial charge in [0.2, 0.25) is 0 Å². The van der Waals surface area contributed by atoms with Gasteiger partial charge in [0, 0.05) is 32.0 Å². The van der Waals surface area contributed by atoms with Crippen molar-refractivity contribution in [3.05, 3.63) is 29.3 Å². The first-order valence-corrected chi connectivity index (χ1v) is 6.91. The van der Waals surface area contributed by atoms with Crippen LogP contribution in [0.4, 0.5) is 5.69 Å². The van der Waals surface area contributed by atoms with Crippen molar-refractivity contribution in [2.75, 3.05) is 31.2 Å². The summed E-state index contributed by atoms with van der Waals surface area (Å²) in [7, 11) is 0. The fraction of sp³-hybridized carbons (Fsp3) is 0.533. The zero-order valence-electron chi connectivity index (χ0n) is 11.4. The molecule has 4 nitrogen and oxygen atoms in total. The molecule has 0 amide bonds. The average molecular weight is 263 g/mol. The molecular formula is C15H21NO3. The van der Waals surface area contributed by atoms with E-state index >= 15 is 0 Å². The highest BCUT2D eigenvalue weighted by molar-refractivity contribution is 5.88. The fourth-order valence-corrected chi connectivity index (χ4v) is 2.54. The quantitative estimate of drug-likeness (QED) is 0.801. The molecule has 19 heavy (non-hydrogen) atoms. The zero-order valence-corrected chi connectivity index (χ0v) is 11.4. The van der Waals surface area contributed by atoms with E-state index in [0.717, 1.165) is 51.1 Å². The Balaban J connectivity index is 2.04. The van der Waals surface area contributed by atoms with Crippen LogP contribution in [-0.2, 0) is 11.2 Å². The lowest BCUT2D eigenvalue weighted by molar-refractivity contribution is 0.0697. The number of hydrogen-bond acceptors (Lipinski definition) is 3. The van der Waals surface area contributed by atoms with Crippen molar-refractivity contribution in [1.82, 2.24) is 0 Å². The number of anilines is 1. The third-order valence-electron chi connectivity index (χ3n) is 3.46. The molecule has 0 spiro atoms. The number of fused-ring (bicyclic) bond motifs is 1. The van der Waals surface area contributed by atoms with E-state index in [1.54, 1.807) is 6.07 Å². The molecule has 1 aromatic carbocycles. The van der Waals surface area contributed by atoms with Crippen LogP contribution in [0.3, 0.4) is 0 Å². The summed E-state index contributed by atoms with van der Waals surface area (Å²) in [5.41, 5.74) is 2.73. The lowest BCUT2D eigenvalue weighted by Crippen LogP contribution is -2.31. The first kappa shape index (κ1) is 13.9. The van der Waals surface area contributed by atoms with Crippen LogP contribution in [0.2, 0.25) is 0 Å². The monoisotopic (exact) mass is 263 g/mol. The van der Waals surface area contributed by atoms with Crippen molar-refractivity contribution in [2.24, 2.45) is 0 Å². The number of nitrogens with zero attached hydrogens (tertiary/aromatic N) is 1. The molecule has 0 saturated carbocycles. The maximum absolute atomic E-state index is 11.0. The van der Waals surface area contributed by atoms with E-state index in [2.05, 4.69) is 4.90 Å². The van der Waals surface area contributed by atoms with Crippen LogP contribution in [0.15, 0.2) is 18.2 Å². The fourth-order valence-electron chi connectivity index (χ4n) is 2.54. The summed E-state index contributed by atoms with van der Waals surface area (Å²) in [6, 6.07) is 5.45. The normalized spacial score (nSPS) is 14.3. The van der Waals surface area contributed by atoms with Gasteiger partial charge in [-0.1, -0.05) is 0 Å². The molecule has 0 unspecified atom stereocenters. The number of rotatable bonds is 6. The topological polar surface area (TPSA) is 49.8 Å². The number of carboxylic acid groups (broad SMARTS) is 1. The maximum atomic E-state index is 11.0. The number of benzene rings is 1. The highest BCUT2D eigenvalue weighted by Gasteiger charge is 2.17. The van der Waals surface area contributed by atoms with E-state index in [1.165, 1.54) is 5.69 Å². The van der Waals surface area contributed by atoms with Gasteiger partial charge >= 0.3 is 5.97 Å². The Kier molecular flexibility index (Phi) is 4.80. The predicted molar refractivity (Wildman–Crippen MR) is 75.0 cm³/mol. The molecule has 0 bridgehead atoms. The molecule has 104 valence electrons. The summed E-state index contributed by atoms with van der Waals surface area (Å²) in [5.74, 6) is -0.851. The van der Waals surface area contributed by atoms with Gasteiger partial charge in [-0.2, -0.15) is 0 Å². The molecule has 0 fully saturated rings. The molecule has 1 heterocycles. The maximum Gasteiger partial charge on any atom is 0.335 e. The molecule has 2 rings (SSSR count). The molecule has 1 aliphatic rings. The van der Waals surface area contributed by atoms with Crippen molar-refractivity contribution in [3.63, 3.8) is 0 Å². The summed E-state index contributed by atoms with van der Waals surface area (Å²) in [6.07, 6.45) is 3.07. The molecular weight excluding hydrogens is 242 g/mol. The van der Waals surface area contributed by atoms with Gasteiger partial charge in [-0.3, -0.25) is 0 Å². The second kappa shape index (κ2) is 6.57. The molecule has 1 aromatic rings. The van der Waals surface area contributed by atoms with Crippen LogP contribution in [-0.4, -0.2) is 37.4 Å². The number of aromatic carboxylic acids is 1. The molecule has 4 heteroatoms. The van der Waals surface area contributed by atoms with Crippen LogP contribution >= 0.6 is 0 Å². The van der Waals surface area contributed by atoms with E-state index in [9.17, 15) is 4.79 Å². The van der Waals surface area contributed by atoms with Crippen LogP contribution in [0, 0.1) is 0 Å². The van der Waals surface area contributed by atoms with Gasteiger partial charge in [-0.25, -0.2) is 4.79 Å². The third-order valence-corrected chi connectivity index (χ3v) is 3.46. The van der Waals surface area contributed by atoms with Crippen LogP contribution < -0.4 is 4.90 Å². The second-order valence-corrected chi connectivity index (χ2v) is 4.79. The Morgan fingerprint density at radius 2 is 2.32 bits per heavy atom. The Hall–Kier alpha value is -1.55. The SMILES string of the molecule is CCOCCCN1CCCc2cc(C(=O)O)ccc21. The van der Waals surface area contributed by atoms with E-state index in [0.29, 0.717) is 5.56 Å². The Morgan fingerprint density at radius 3 is 3.05 bits per heavy atom. The van der Waals surface area contributed by atoms with Crippen LogP contribution in [0.5, 0.6) is 0 Å².